The zero-order valence-electron chi connectivity index (χ0n) is 8.16. The molecule has 0 aliphatic rings. The summed E-state index contributed by atoms with van der Waals surface area (Å²) in [6.07, 6.45) is 2.31. The highest BCUT2D eigenvalue weighted by Crippen LogP contribution is 2.04. The van der Waals surface area contributed by atoms with Crippen molar-refractivity contribution in [3.63, 3.8) is 0 Å². The smallest absolute Gasteiger partial charge is 0.255 e. The van der Waals surface area contributed by atoms with Crippen molar-refractivity contribution in [2.45, 2.75) is 19.8 Å². The molecule has 0 unspecified atom stereocenters. The van der Waals surface area contributed by atoms with E-state index in [1.54, 1.807) is 13.1 Å². The van der Waals surface area contributed by atoms with Crippen LogP contribution < -0.4 is 10.9 Å². The average molecular weight is 203 g/mol. The molecule has 0 amide bonds. The van der Waals surface area contributed by atoms with Crippen LogP contribution >= 0.6 is 0 Å². The number of aromatic amines is 1. The Morgan fingerprint density at radius 3 is 2.80 bits per heavy atom. The molecule has 2 N–H and O–H groups in total. The second-order valence-electron chi connectivity index (χ2n) is 2.87. The zero-order chi connectivity index (χ0) is 11.3. The summed E-state index contributed by atoms with van der Waals surface area (Å²) in [7, 11) is 0. The number of hydrogen-bond acceptors (Lipinski definition) is 5. The molecule has 1 aromatic heterocycles. The first-order valence-corrected chi connectivity index (χ1v) is 4.31. The fraction of sp³-hybridized carbons (Fsp3) is 0.333. The summed E-state index contributed by atoms with van der Waals surface area (Å²) < 4.78 is 0. The average Bonchev–Trinajstić information content (AvgIpc) is 2.17. The molecule has 6 heteroatoms. The Morgan fingerprint density at radius 2 is 2.27 bits per heavy atom. The highest BCUT2D eigenvalue weighted by atomic mass is 16.1. The van der Waals surface area contributed by atoms with Crippen LogP contribution in [0.5, 0.6) is 0 Å². The Morgan fingerprint density at radius 1 is 1.53 bits per heavy atom. The third kappa shape index (κ3) is 2.55. The SMILES string of the molecule is Cc1nc(NC#N)[nH]c(=O)c1CCC#N. The monoisotopic (exact) mass is 203 g/mol. The van der Waals surface area contributed by atoms with Gasteiger partial charge < -0.3 is 0 Å². The molecule has 1 heterocycles. The normalized spacial score (nSPS) is 9.00. The van der Waals surface area contributed by atoms with Gasteiger partial charge in [-0.1, -0.05) is 0 Å². The maximum atomic E-state index is 11.5. The molecule has 0 saturated carbocycles. The molecule has 0 aliphatic carbocycles. The van der Waals surface area contributed by atoms with Gasteiger partial charge in [0.25, 0.3) is 5.56 Å². The predicted molar refractivity (Wildman–Crippen MR) is 52.8 cm³/mol. The summed E-state index contributed by atoms with van der Waals surface area (Å²) in [4.78, 5) is 17.9. The molecular weight excluding hydrogens is 194 g/mol. The molecular formula is C9H9N5O. The standard InChI is InChI=1S/C9H9N5O/c1-6-7(3-2-4-10)8(15)14-9(13-6)12-5-11/h2-3H2,1H3,(H2,12,13,14,15). The minimum Gasteiger partial charge on any atom is -0.292 e. The third-order valence-electron chi connectivity index (χ3n) is 1.88. The van der Waals surface area contributed by atoms with E-state index in [0.29, 0.717) is 17.7 Å². The molecule has 15 heavy (non-hydrogen) atoms. The molecule has 0 atom stereocenters. The third-order valence-corrected chi connectivity index (χ3v) is 1.88. The van der Waals surface area contributed by atoms with E-state index in [-0.39, 0.29) is 17.9 Å². The van der Waals surface area contributed by atoms with Gasteiger partial charge in [0.2, 0.25) is 5.95 Å². The molecule has 0 aliphatic heterocycles. The number of rotatable bonds is 3. The van der Waals surface area contributed by atoms with Crippen molar-refractivity contribution in [1.29, 1.82) is 10.5 Å². The second kappa shape index (κ2) is 4.77. The fourth-order valence-corrected chi connectivity index (χ4v) is 1.20. The lowest BCUT2D eigenvalue weighted by molar-refractivity contribution is 0.920. The van der Waals surface area contributed by atoms with E-state index in [1.165, 1.54) is 0 Å². The largest absolute Gasteiger partial charge is 0.292 e. The highest BCUT2D eigenvalue weighted by molar-refractivity contribution is 5.33. The van der Waals surface area contributed by atoms with Gasteiger partial charge in [-0.15, -0.1) is 0 Å². The Kier molecular flexibility index (Phi) is 3.42. The van der Waals surface area contributed by atoms with E-state index in [1.807, 2.05) is 6.07 Å². The van der Waals surface area contributed by atoms with Crippen molar-refractivity contribution in [2.75, 3.05) is 5.32 Å². The van der Waals surface area contributed by atoms with Crippen molar-refractivity contribution in [1.82, 2.24) is 9.97 Å². The van der Waals surface area contributed by atoms with Crippen LogP contribution in [0.15, 0.2) is 4.79 Å². The van der Waals surface area contributed by atoms with Gasteiger partial charge in [0, 0.05) is 17.7 Å². The second-order valence-corrected chi connectivity index (χ2v) is 2.87. The van der Waals surface area contributed by atoms with E-state index in [2.05, 4.69) is 15.3 Å². The lowest BCUT2D eigenvalue weighted by atomic mass is 10.1. The van der Waals surface area contributed by atoms with Gasteiger partial charge in [-0.3, -0.25) is 15.1 Å². The maximum Gasteiger partial charge on any atom is 0.255 e. The fourth-order valence-electron chi connectivity index (χ4n) is 1.20. The highest BCUT2D eigenvalue weighted by Gasteiger charge is 2.07. The van der Waals surface area contributed by atoms with E-state index in [9.17, 15) is 4.79 Å². The van der Waals surface area contributed by atoms with Gasteiger partial charge >= 0.3 is 0 Å². The van der Waals surface area contributed by atoms with Gasteiger partial charge in [-0.25, -0.2) is 4.98 Å². The minimum atomic E-state index is -0.310. The molecule has 0 aromatic carbocycles. The van der Waals surface area contributed by atoms with Crippen molar-refractivity contribution >= 4 is 5.95 Å². The summed E-state index contributed by atoms with van der Waals surface area (Å²) in [5.74, 6) is 0.126. The van der Waals surface area contributed by atoms with Gasteiger partial charge in [-0.2, -0.15) is 10.5 Å². The van der Waals surface area contributed by atoms with E-state index < -0.39 is 0 Å². The number of nitrogens with one attached hydrogen (secondary N) is 2. The Hall–Kier alpha value is -2.34. The Bertz CT molecular complexity index is 491. The van der Waals surface area contributed by atoms with Crippen LogP contribution in [-0.4, -0.2) is 9.97 Å². The first-order chi connectivity index (χ1) is 7.19. The number of aromatic nitrogens is 2. The van der Waals surface area contributed by atoms with Gasteiger partial charge in [0.1, 0.15) is 0 Å². The van der Waals surface area contributed by atoms with Crippen LogP contribution in [-0.2, 0) is 6.42 Å². The van der Waals surface area contributed by atoms with Crippen molar-refractivity contribution in [3.8, 4) is 12.3 Å². The van der Waals surface area contributed by atoms with E-state index >= 15 is 0 Å². The van der Waals surface area contributed by atoms with Crippen molar-refractivity contribution < 1.29 is 0 Å². The van der Waals surface area contributed by atoms with Crippen LogP contribution in [0.2, 0.25) is 0 Å². The van der Waals surface area contributed by atoms with Crippen LogP contribution in [0.3, 0.4) is 0 Å². The van der Waals surface area contributed by atoms with Gasteiger partial charge in [0.05, 0.1) is 6.07 Å². The van der Waals surface area contributed by atoms with Crippen LogP contribution in [0.4, 0.5) is 5.95 Å². The van der Waals surface area contributed by atoms with Crippen LogP contribution in [0, 0.1) is 29.7 Å². The molecule has 0 fully saturated rings. The predicted octanol–water partition coefficient (Wildman–Crippen LogP) is 0.427. The first-order valence-electron chi connectivity index (χ1n) is 4.31. The molecule has 76 valence electrons. The molecule has 6 nitrogen and oxygen atoms in total. The van der Waals surface area contributed by atoms with Crippen LogP contribution in [0.1, 0.15) is 17.7 Å². The summed E-state index contributed by atoms with van der Waals surface area (Å²) in [5, 5.41) is 19.0. The zero-order valence-corrected chi connectivity index (χ0v) is 8.16. The molecule has 0 saturated heterocycles. The number of H-pyrrole nitrogens is 1. The number of hydrogen-bond donors (Lipinski definition) is 2. The number of aryl methyl sites for hydroxylation is 1. The summed E-state index contributed by atoms with van der Waals surface area (Å²) in [6.45, 7) is 1.67. The summed E-state index contributed by atoms with van der Waals surface area (Å²) >= 11 is 0. The summed E-state index contributed by atoms with van der Waals surface area (Å²) in [5.41, 5.74) is 0.710. The minimum absolute atomic E-state index is 0.126. The quantitative estimate of drug-likeness (QED) is 0.547. The van der Waals surface area contributed by atoms with E-state index in [0.717, 1.165) is 0 Å². The van der Waals surface area contributed by atoms with Crippen molar-refractivity contribution in [3.05, 3.63) is 21.6 Å². The molecule has 1 aromatic rings. The number of nitriles is 2. The molecule has 0 bridgehead atoms. The number of nitrogens with zero attached hydrogens (tertiary/aromatic N) is 3. The molecule has 0 radical (unpaired) electrons. The number of anilines is 1. The topological polar surface area (TPSA) is 105 Å². The molecule has 1 rings (SSSR count). The Labute approximate surface area is 86.2 Å². The summed E-state index contributed by atoms with van der Waals surface area (Å²) in [6, 6.07) is 1.96. The Balaban J connectivity index is 3.07. The maximum absolute atomic E-state index is 11.5. The molecule has 0 spiro atoms. The lowest BCUT2D eigenvalue weighted by Gasteiger charge is -2.03. The van der Waals surface area contributed by atoms with Crippen LogP contribution in [0.25, 0.3) is 0 Å². The first kappa shape index (κ1) is 10.7. The van der Waals surface area contributed by atoms with E-state index in [4.69, 9.17) is 10.5 Å². The lowest BCUT2D eigenvalue weighted by Crippen LogP contribution is -2.18. The van der Waals surface area contributed by atoms with Crippen molar-refractivity contribution in [2.24, 2.45) is 0 Å². The van der Waals surface area contributed by atoms with Gasteiger partial charge in [0.15, 0.2) is 6.19 Å². The van der Waals surface area contributed by atoms with Gasteiger partial charge in [-0.05, 0) is 13.3 Å².